The Hall–Kier alpha value is -2.22. The van der Waals surface area contributed by atoms with Crippen LogP contribution in [0.25, 0.3) is 10.9 Å². The Labute approximate surface area is 108 Å². The van der Waals surface area contributed by atoms with Gasteiger partial charge in [0.2, 0.25) is 0 Å². The van der Waals surface area contributed by atoms with Crippen LogP contribution in [0, 0.1) is 10.1 Å². The number of aromatic hydroxyl groups is 1. The molecule has 0 aliphatic carbocycles. The average molecular weight is 313 g/mol. The number of para-hydroxylation sites is 1. The number of hydrogen-bond acceptors (Lipinski definition) is 5. The smallest absolute Gasteiger partial charge is 0.355 e. The van der Waals surface area contributed by atoms with Gasteiger partial charge in [0, 0.05) is 6.07 Å². The molecule has 2 rings (SSSR count). The van der Waals surface area contributed by atoms with Gasteiger partial charge in [-0.15, -0.1) is 0 Å². The SMILES string of the molecule is O=C(O)c1nc2c([N+](=O)[O-])cccc2c(O)c1Br. The molecule has 1 aromatic heterocycles. The van der Waals surface area contributed by atoms with Crippen LogP contribution in [0.15, 0.2) is 22.7 Å². The molecule has 18 heavy (non-hydrogen) atoms. The zero-order chi connectivity index (χ0) is 13.4. The van der Waals surface area contributed by atoms with Crippen LogP contribution in [-0.2, 0) is 0 Å². The Morgan fingerprint density at radius 1 is 1.44 bits per heavy atom. The van der Waals surface area contributed by atoms with Gasteiger partial charge in [-0.05, 0) is 22.0 Å². The molecule has 0 saturated carbocycles. The topological polar surface area (TPSA) is 114 Å². The maximum absolute atomic E-state index is 10.9. The molecule has 0 saturated heterocycles. The van der Waals surface area contributed by atoms with Crippen LogP contribution in [-0.4, -0.2) is 26.1 Å². The quantitative estimate of drug-likeness (QED) is 0.649. The minimum atomic E-state index is -1.39. The normalized spacial score (nSPS) is 10.5. The maximum Gasteiger partial charge on any atom is 0.355 e. The molecule has 2 aromatic rings. The van der Waals surface area contributed by atoms with Crippen LogP contribution in [0.4, 0.5) is 5.69 Å². The number of carboxylic acids is 1. The number of aromatic nitrogens is 1. The number of hydrogen-bond donors (Lipinski definition) is 2. The number of benzene rings is 1. The van der Waals surface area contributed by atoms with E-state index in [1.54, 1.807) is 0 Å². The first-order valence-electron chi connectivity index (χ1n) is 4.62. The molecule has 2 N–H and O–H groups in total. The van der Waals surface area contributed by atoms with Crippen LogP contribution in [0.1, 0.15) is 10.5 Å². The van der Waals surface area contributed by atoms with E-state index in [0.29, 0.717) is 0 Å². The highest BCUT2D eigenvalue weighted by Crippen LogP contribution is 2.37. The van der Waals surface area contributed by atoms with Gasteiger partial charge in [-0.1, -0.05) is 6.07 Å². The molecule has 0 atom stereocenters. The lowest BCUT2D eigenvalue weighted by atomic mass is 10.1. The van der Waals surface area contributed by atoms with E-state index in [9.17, 15) is 20.0 Å². The third-order valence-corrected chi connectivity index (χ3v) is 3.06. The molecular weight excluding hydrogens is 308 g/mol. The first-order chi connectivity index (χ1) is 8.43. The molecule has 1 heterocycles. The van der Waals surface area contributed by atoms with E-state index < -0.39 is 16.6 Å². The highest BCUT2D eigenvalue weighted by Gasteiger charge is 2.22. The van der Waals surface area contributed by atoms with Crippen molar-refractivity contribution in [2.45, 2.75) is 0 Å². The molecule has 0 fully saturated rings. The van der Waals surface area contributed by atoms with Crippen molar-refractivity contribution in [3.05, 3.63) is 38.5 Å². The fourth-order valence-electron chi connectivity index (χ4n) is 1.52. The van der Waals surface area contributed by atoms with Crippen LogP contribution in [0.5, 0.6) is 5.75 Å². The molecule has 1 aromatic carbocycles. The summed E-state index contributed by atoms with van der Waals surface area (Å²) in [7, 11) is 0. The lowest BCUT2D eigenvalue weighted by Gasteiger charge is -2.06. The number of nitrogens with zero attached hydrogens (tertiary/aromatic N) is 2. The molecule has 0 bridgehead atoms. The summed E-state index contributed by atoms with van der Waals surface area (Å²) in [5.74, 6) is -1.78. The molecule has 92 valence electrons. The van der Waals surface area contributed by atoms with E-state index in [2.05, 4.69) is 20.9 Å². The van der Waals surface area contributed by atoms with E-state index in [1.807, 2.05) is 0 Å². The number of pyridine rings is 1. The molecule has 0 amide bonds. The van der Waals surface area contributed by atoms with Crippen molar-refractivity contribution in [2.24, 2.45) is 0 Å². The molecule has 8 heteroatoms. The van der Waals surface area contributed by atoms with Crippen molar-refractivity contribution in [1.82, 2.24) is 4.98 Å². The highest BCUT2D eigenvalue weighted by atomic mass is 79.9. The summed E-state index contributed by atoms with van der Waals surface area (Å²) in [6.07, 6.45) is 0. The third kappa shape index (κ3) is 1.76. The summed E-state index contributed by atoms with van der Waals surface area (Å²) in [6.45, 7) is 0. The Kier molecular flexibility index (Phi) is 2.87. The first-order valence-corrected chi connectivity index (χ1v) is 5.41. The van der Waals surface area contributed by atoms with Gasteiger partial charge in [0.25, 0.3) is 5.69 Å². The van der Waals surface area contributed by atoms with Crippen molar-refractivity contribution < 1.29 is 19.9 Å². The number of carboxylic acid groups (broad SMARTS) is 1. The van der Waals surface area contributed by atoms with Crippen molar-refractivity contribution in [1.29, 1.82) is 0 Å². The molecule has 0 radical (unpaired) electrons. The largest absolute Gasteiger partial charge is 0.506 e. The van der Waals surface area contributed by atoms with Gasteiger partial charge < -0.3 is 10.2 Å². The molecule has 0 unspecified atom stereocenters. The van der Waals surface area contributed by atoms with Crippen LogP contribution < -0.4 is 0 Å². The number of nitro benzene ring substituents is 1. The summed E-state index contributed by atoms with van der Waals surface area (Å²) in [5.41, 5.74) is -1.01. The van der Waals surface area contributed by atoms with Gasteiger partial charge in [-0.25, -0.2) is 9.78 Å². The number of carbonyl (C=O) groups is 1. The lowest BCUT2D eigenvalue weighted by molar-refractivity contribution is -0.383. The van der Waals surface area contributed by atoms with Crippen molar-refractivity contribution in [3.63, 3.8) is 0 Å². The highest BCUT2D eigenvalue weighted by molar-refractivity contribution is 9.10. The second kappa shape index (κ2) is 4.22. The summed E-state index contributed by atoms with van der Waals surface area (Å²) in [6, 6.07) is 3.99. The molecule has 0 aliphatic rings. The van der Waals surface area contributed by atoms with Crippen LogP contribution in [0.2, 0.25) is 0 Å². The van der Waals surface area contributed by atoms with Gasteiger partial charge in [-0.2, -0.15) is 0 Å². The zero-order valence-electron chi connectivity index (χ0n) is 8.62. The van der Waals surface area contributed by atoms with Crippen molar-refractivity contribution >= 4 is 38.5 Å². The van der Waals surface area contributed by atoms with E-state index >= 15 is 0 Å². The molecule has 7 nitrogen and oxygen atoms in total. The predicted octanol–water partition coefficient (Wildman–Crippen LogP) is 2.31. The molecular formula is C10H5BrN2O5. The van der Waals surface area contributed by atoms with Gasteiger partial charge >= 0.3 is 5.97 Å². The monoisotopic (exact) mass is 312 g/mol. The van der Waals surface area contributed by atoms with Crippen LogP contribution in [0.3, 0.4) is 0 Å². The van der Waals surface area contributed by atoms with Gasteiger partial charge in [0.1, 0.15) is 5.75 Å². The Bertz CT molecular complexity index is 686. The fraction of sp³-hybridized carbons (Fsp3) is 0. The number of non-ortho nitro benzene ring substituents is 1. The van der Waals surface area contributed by atoms with Gasteiger partial charge in [-0.3, -0.25) is 10.1 Å². The third-order valence-electron chi connectivity index (χ3n) is 2.31. The first kappa shape index (κ1) is 12.2. The summed E-state index contributed by atoms with van der Waals surface area (Å²) in [5, 5.41) is 29.7. The number of halogens is 1. The van der Waals surface area contributed by atoms with Gasteiger partial charge in [0.05, 0.1) is 14.8 Å². The van der Waals surface area contributed by atoms with E-state index in [-0.39, 0.29) is 26.8 Å². The number of aromatic carboxylic acids is 1. The summed E-state index contributed by atoms with van der Waals surface area (Å²) >= 11 is 2.90. The van der Waals surface area contributed by atoms with E-state index in [4.69, 9.17) is 5.11 Å². The van der Waals surface area contributed by atoms with Gasteiger partial charge in [0.15, 0.2) is 11.2 Å². The Morgan fingerprint density at radius 3 is 2.67 bits per heavy atom. The minimum absolute atomic E-state index is 0.108. The lowest BCUT2D eigenvalue weighted by Crippen LogP contribution is -2.03. The zero-order valence-corrected chi connectivity index (χ0v) is 10.2. The average Bonchev–Trinajstić information content (AvgIpc) is 2.32. The maximum atomic E-state index is 10.9. The summed E-state index contributed by atoms with van der Waals surface area (Å²) in [4.78, 5) is 24.8. The Balaban J connectivity index is 2.96. The van der Waals surface area contributed by atoms with Crippen molar-refractivity contribution in [3.8, 4) is 5.75 Å². The Morgan fingerprint density at radius 2 is 2.11 bits per heavy atom. The summed E-state index contributed by atoms with van der Waals surface area (Å²) < 4.78 is -0.108. The standard InChI is InChI=1S/C10H5BrN2O5/c11-6-8(10(15)16)12-7-4(9(6)14)2-1-3-5(7)13(17)18/h1-3H,(H,12,14)(H,15,16). The number of rotatable bonds is 2. The minimum Gasteiger partial charge on any atom is -0.506 e. The van der Waals surface area contributed by atoms with E-state index in [0.717, 1.165) is 0 Å². The second-order valence-corrected chi connectivity index (χ2v) is 4.15. The second-order valence-electron chi connectivity index (χ2n) is 3.36. The van der Waals surface area contributed by atoms with Crippen LogP contribution >= 0.6 is 15.9 Å². The molecule has 0 aliphatic heterocycles. The number of nitro groups is 1. The van der Waals surface area contributed by atoms with E-state index in [1.165, 1.54) is 18.2 Å². The molecule has 0 spiro atoms. The van der Waals surface area contributed by atoms with Crippen molar-refractivity contribution in [2.75, 3.05) is 0 Å². The fourth-order valence-corrected chi connectivity index (χ4v) is 1.99. The number of fused-ring (bicyclic) bond motifs is 1. The predicted molar refractivity (Wildman–Crippen MR) is 64.7 cm³/mol.